The Morgan fingerprint density at radius 3 is 2.72 bits per heavy atom. The van der Waals surface area contributed by atoms with Gasteiger partial charge < -0.3 is 20.1 Å². The number of methoxy groups -OCH3 is 1. The highest BCUT2D eigenvalue weighted by Crippen LogP contribution is 2.25. The van der Waals surface area contributed by atoms with Crippen molar-refractivity contribution in [2.75, 3.05) is 33.9 Å². The molecule has 0 aliphatic rings. The number of aromatic nitrogens is 1. The number of nitrogens with one attached hydrogen (secondary N) is 3. The molecule has 1 heterocycles. The highest BCUT2D eigenvalue weighted by atomic mass is 32.2. The lowest BCUT2D eigenvalue weighted by Crippen LogP contribution is -2.37. The molecule has 0 unspecified atom stereocenters. The number of sulfonamides is 1. The van der Waals surface area contributed by atoms with Crippen molar-refractivity contribution < 1.29 is 22.7 Å². The second-order valence-corrected chi connectivity index (χ2v) is 8.50. The fourth-order valence-electron chi connectivity index (χ4n) is 2.52. The number of ether oxygens (including phenoxy) is 2. The molecule has 0 bridgehead atoms. The monoisotopic (exact) mass is 478 g/mol. The number of pyridine rings is 1. The third-order valence-corrected chi connectivity index (χ3v) is 5.91. The summed E-state index contributed by atoms with van der Waals surface area (Å²) in [5, 5.41) is 5.29. The van der Waals surface area contributed by atoms with Crippen LogP contribution in [-0.4, -0.2) is 58.3 Å². The van der Waals surface area contributed by atoms with Gasteiger partial charge in [0.05, 0.1) is 12.3 Å². The predicted octanol–water partition coefficient (Wildman–Crippen LogP) is 1.26. The lowest BCUT2D eigenvalue weighted by atomic mass is 10.1. The summed E-state index contributed by atoms with van der Waals surface area (Å²) in [6.45, 7) is 0.812. The van der Waals surface area contributed by atoms with Crippen molar-refractivity contribution in [2.45, 2.75) is 11.3 Å². The quantitative estimate of drug-likeness (QED) is 0.251. The summed E-state index contributed by atoms with van der Waals surface area (Å²) in [5.41, 5.74) is 1.38. The summed E-state index contributed by atoms with van der Waals surface area (Å²) in [6, 6.07) is 10.2. The van der Waals surface area contributed by atoms with Crippen molar-refractivity contribution in [3.63, 3.8) is 0 Å². The van der Waals surface area contributed by atoms with Gasteiger partial charge in [-0.05, 0) is 54.5 Å². The van der Waals surface area contributed by atoms with Crippen molar-refractivity contribution in [1.82, 2.24) is 20.3 Å². The number of nitrogens with zero attached hydrogens (tertiary/aromatic N) is 1. The third-order valence-electron chi connectivity index (χ3n) is 4.10. The molecule has 9 nitrogen and oxygen atoms in total. The van der Waals surface area contributed by atoms with Crippen LogP contribution in [0.1, 0.15) is 11.3 Å². The molecule has 1 aromatic heterocycles. The number of hydrogen-bond donors (Lipinski definition) is 3. The smallest absolute Gasteiger partial charge is 0.267 e. The summed E-state index contributed by atoms with van der Waals surface area (Å²) < 4.78 is 38.3. The maximum Gasteiger partial charge on any atom is 0.267 e. The van der Waals surface area contributed by atoms with E-state index >= 15 is 0 Å². The molecule has 0 saturated heterocycles. The maximum atomic E-state index is 12.8. The summed E-state index contributed by atoms with van der Waals surface area (Å²) in [5.74, 6) is -0.0939. The number of thiocarbonyl (C=S) groups is 1. The molecule has 3 N–H and O–H groups in total. The highest BCUT2D eigenvalue weighted by Gasteiger charge is 2.21. The van der Waals surface area contributed by atoms with E-state index < -0.39 is 10.0 Å². The van der Waals surface area contributed by atoms with Gasteiger partial charge in [0, 0.05) is 33.0 Å². The zero-order chi connectivity index (χ0) is 23.4. The molecule has 0 atom stereocenters. The molecular formula is C21H26N4O5S2. The van der Waals surface area contributed by atoms with Gasteiger partial charge in [0.2, 0.25) is 5.91 Å². The normalized spacial score (nSPS) is 11.2. The average Bonchev–Trinajstić information content (AvgIpc) is 2.79. The largest absolute Gasteiger partial charge is 0.490 e. The topological polar surface area (TPSA) is 119 Å². The molecule has 172 valence electrons. The van der Waals surface area contributed by atoms with Crippen LogP contribution < -0.4 is 20.1 Å². The van der Waals surface area contributed by atoms with E-state index in [1.807, 2.05) is 6.07 Å². The van der Waals surface area contributed by atoms with E-state index in [2.05, 4.69) is 20.3 Å². The first-order valence-corrected chi connectivity index (χ1v) is 11.6. The van der Waals surface area contributed by atoms with Crippen molar-refractivity contribution >= 4 is 39.3 Å². The molecule has 1 aromatic carbocycles. The van der Waals surface area contributed by atoms with Crippen LogP contribution in [0, 0.1) is 0 Å². The number of rotatable bonds is 11. The second kappa shape index (κ2) is 12.7. The fraction of sp³-hybridized carbons (Fsp3) is 0.286. The average molecular weight is 479 g/mol. The van der Waals surface area contributed by atoms with E-state index in [1.165, 1.54) is 26.3 Å². The Balaban J connectivity index is 2.07. The Morgan fingerprint density at radius 1 is 1.22 bits per heavy atom. The number of hydrogen-bond acceptors (Lipinski definition) is 7. The van der Waals surface area contributed by atoms with E-state index in [0.29, 0.717) is 30.8 Å². The van der Waals surface area contributed by atoms with Crippen LogP contribution in [0.2, 0.25) is 0 Å². The zero-order valence-corrected chi connectivity index (χ0v) is 19.5. The van der Waals surface area contributed by atoms with E-state index in [-0.39, 0.29) is 28.3 Å². The molecule has 1 amide bonds. The minimum atomic E-state index is -3.97. The first kappa shape index (κ1) is 25.2. The molecule has 0 aliphatic heterocycles. The molecule has 2 rings (SSSR count). The number of benzene rings is 1. The Labute approximate surface area is 193 Å². The SMILES string of the molecule is CNC(=S)NS(=O)(=O)c1cc(CCNC(=O)/C=C/c2ccccn2)ccc1OCCOC. The molecule has 0 radical (unpaired) electrons. The van der Waals surface area contributed by atoms with Gasteiger partial charge in [-0.2, -0.15) is 0 Å². The zero-order valence-electron chi connectivity index (χ0n) is 17.8. The molecule has 32 heavy (non-hydrogen) atoms. The minimum Gasteiger partial charge on any atom is -0.490 e. The maximum absolute atomic E-state index is 12.8. The Kier molecular flexibility index (Phi) is 10.1. The van der Waals surface area contributed by atoms with E-state index in [0.717, 1.165) is 0 Å². The molecule has 11 heteroatoms. The van der Waals surface area contributed by atoms with Gasteiger partial charge in [-0.3, -0.25) is 14.5 Å². The highest BCUT2D eigenvalue weighted by molar-refractivity contribution is 7.92. The Morgan fingerprint density at radius 2 is 2.03 bits per heavy atom. The predicted molar refractivity (Wildman–Crippen MR) is 126 cm³/mol. The van der Waals surface area contributed by atoms with Crippen molar-refractivity contribution in [2.24, 2.45) is 0 Å². The Bertz CT molecular complexity index is 1040. The van der Waals surface area contributed by atoms with Crippen molar-refractivity contribution in [3.8, 4) is 5.75 Å². The van der Waals surface area contributed by atoms with Crippen LogP contribution in [0.3, 0.4) is 0 Å². The van der Waals surface area contributed by atoms with Crippen LogP contribution in [0.25, 0.3) is 6.08 Å². The third kappa shape index (κ3) is 8.25. The van der Waals surface area contributed by atoms with Crippen LogP contribution in [0.5, 0.6) is 5.75 Å². The van der Waals surface area contributed by atoms with Gasteiger partial charge in [-0.1, -0.05) is 12.1 Å². The first-order chi connectivity index (χ1) is 15.4. The summed E-state index contributed by atoms with van der Waals surface area (Å²) in [4.78, 5) is 16.1. The molecule has 0 saturated carbocycles. The summed E-state index contributed by atoms with van der Waals surface area (Å²) >= 11 is 4.92. The second-order valence-electron chi connectivity index (χ2n) is 6.44. The molecule has 0 aliphatic carbocycles. The van der Waals surface area contributed by atoms with Gasteiger partial charge >= 0.3 is 0 Å². The van der Waals surface area contributed by atoms with Crippen LogP contribution in [0.15, 0.2) is 53.6 Å². The number of carbonyl (C=O) groups is 1. The van der Waals surface area contributed by atoms with Gasteiger partial charge in [-0.25, -0.2) is 8.42 Å². The number of carbonyl (C=O) groups excluding carboxylic acids is 1. The van der Waals surface area contributed by atoms with E-state index in [9.17, 15) is 13.2 Å². The van der Waals surface area contributed by atoms with Crippen LogP contribution in [-0.2, 0) is 26.0 Å². The summed E-state index contributed by atoms with van der Waals surface area (Å²) in [7, 11) is -0.927. The fourth-order valence-corrected chi connectivity index (χ4v) is 4.01. The first-order valence-electron chi connectivity index (χ1n) is 9.72. The standard InChI is InChI=1S/C21H26N4O5S2/c1-22-21(31)25-32(27,28)19-15-16(6-8-18(19)30-14-13-29-2)10-12-24-20(26)9-7-17-5-3-4-11-23-17/h3-9,11,15H,10,12-14H2,1-2H3,(H,24,26)(H2,22,25,31)/b9-7+. The van der Waals surface area contributed by atoms with Gasteiger partial charge in [0.15, 0.2) is 5.11 Å². The van der Waals surface area contributed by atoms with Gasteiger partial charge in [0.25, 0.3) is 10.0 Å². The van der Waals surface area contributed by atoms with Gasteiger partial charge in [-0.15, -0.1) is 0 Å². The van der Waals surface area contributed by atoms with Gasteiger partial charge in [0.1, 0.15) is 17.3 Å². The number of amides is 1. The Hall–Kier alpha value is -3.02. The van der Waals surface area contributed by atoms with Crippen molar-refractivity contribution in [1.29, 1.82) is 0 Å². The lowest BCUT2D eigenvalue weighted by molar-refractivity contribution is -0.116. The lowest BCUT2D eigenvalue weighted by Gasteiger charge is -2.15. The minimum absolute atomic E-state index is 0.0369. The van der Waals surface area contributed by atoms with Crippen molar-refractivity contribution in [3.05, 3.63) is 59.9 Å². The molecule has 0 spiro atoms. The summed E-state index contributed by atoms with van der Waals surface area (Å²) in [6.07, 6.45) is 5.07. The molecule has 0 fully saturated rings. The molecular weight excluding hydrogens is 452 g/mol. The van der Waals surface area contributed by atoms with Crippen LogP contribution >= 0.6 is 12.2 Å². The van der Waals surface area contributed by atoms with E-state index in [4.69, 9.17) is 21.7 Å². The van der Waals surface area contributed by atoms with Crippen LogP contribution in [0.4, 0.5) is 0 Å². The van der Waals surface area contributed by atoms with E-state index in [1.54, 1.807) is 36.5 Å². The molecule has 2 aromatic rings.